The van der Waals surface area contributed by atoms with Crippen LogP contribution in [0.1, 0.15) is 12.8 Å². The molecule has 1 aliphatic rings. The van der Waals surface area contributed by atoms with Gasteiger partial charge >= 0.3 is 0 Å². The van der Waals surface area contributed by atoms with Crippen molar-refractivity contribution in [3.05, 3.63) is 52.6 Å². The lowest BCUT2D eigenvalue weighted by Crippen LogP contribution is -2.40. The van der Waals surface area contributed by atoms with Gasteiger partial charge in [0.15, 0.2) is 0 Å². The van der Waals surface area contributed by atoms with Crippen LogP contribution >= 0.6 is 23.2 Å². The molecule has 5 nitrogen and oxygen atoms in total. The molecule has 7 heteroatoms. The number of hydrogen-bond donors (Lipinski definition) is 1. The van der Waals surface area contributed by atoms with Crippen LogP contribution in [0, 0.1) is 5.92 Å². The highest BCUT2D eigenvalue weighted by atomic mass is 35.5. The topological polar surface area (TPSA) is 54.5 Å². The molecular formula is C19H21Cl2N3O2. The Labute approximate surface area is 163 Å². The summed E-state index contributed by atoms with van der Waals surface area (Å²) in [5.41, 5.74) is 0. The number of ether oxygens (including phenoxy) is 1. The maximum absolute atomic E-state index is 12.3. The maximum Gasteiger partial charge on any atom is 0.228 e. The second kappa shape index (κ2) is 9.21. The van der Waals surface area contributed by atoms with E-state index in [9.17, 15) is 4.79 Å². The minimum Gasteiger partial charge on any atom is -0.491 e. The highest BCUT2D eigenvalue weighted by Gasteiger charge is 2.25. The van der Waals surface area contributed by atoms with E-state index in [-0.39, 0.29) is 11.8 Å². The van der Waals surface area contributed by atoms with Crippen molar-refractivity contribution in [1.29, 1.82) is 0 Å². The molecule has 1 N–H and O–H groups in total. The van der Waals surface area contributed by atoms with Gasteiger partial charge in [0.25, 0.3) is 0 Å². The fourth-order valence-corrected chi connectivity index (χ4v) is 3.42. The van der Waals surface area contributed by atoms with Crippen LogP contribution in [-0.4, -0.2) is 42.0 Å². The number of hydrogen-bond acceptors (Lipinski definition) is 4. The van der Waals surface area contributed by atoms with E-state index >= 15 is 0 Å². The van der Waals surface area contributed by atoms with Gasteiger partial charge in [-0.3, -0.25) is 9.69 Å². The molecule has 0 bridgehead atoms. The molecule has 2 aromatic rings. The van der Waals surface area contributed by atoms with E-state index in [0.29, 0.717) is 28.2 Å². The lowest BCUT2D eigenvalue weighted by Gasteiger charge is -2.31. The molecule has 0 radical (unpaired) electrons. The minimum absolute atomic E-state index is 0.0277. The van der Waals surface area contributed by atoms with Crippen LogP contribution in [0.15, 0.2) is 42.6 Å². The fraction of sp³-hybridized carbons (Fsp3) is 0.368. The molecule has 26 heavy (non-hydrogen) atoms. The van der Waals surface area contributed by atoms with Crippen molar-refractivity contribution < 1.29 is 9.53 Å². The number of halogens is 2. The van der Waals surface area contributed by atoms with Gasteiger partial charge in [0.1, 0.15) is 18.2 Å². The number of piperidine rings is 1. The number of likely N-dealkylation sites (tertiary alicyclic amines) is 1. The minimum atomic E-state index is 0.0277. The van der Waals surface area contributed by atoms with E-state index in [1.165, 1.54) is 0 Å². The molecule has 1 aromatic heterocycles. The number of carbonyl (C=O) groups excluding carboxylic acids is 1. The third-order valence-electron chi connectivity index (χ3n) is 4.43. The average Bonchev–Trinajstić information content (AvgIpc) is 2.65. The number of carbonyl (C=O) groups is 1. The molecular weight excluding hydrogens is 373 g/mol. The molecule has 0 spiro atoms. The molecule has 3 rings (SSSR count). The summed E-state index contributed by atoms with van der Waals surface area (Å²) in [5, 5.41) is 3.99. The van der Waals surface area contributed by atoms with Crippen LogP contribution in [0.25, 0.3) is 0 Å². The van der Waals surface area contributed by atoms with Gasteiger partial charge in [0.05, 0.1) is 5.02 Å². The smallest absolute Gasteiger partial charge is 0.228 e. The summed E-state index contributed by atoms with van der Waals surface area (Å²) >= 11 is 12.0. The number of rotatable bonds is 6. The van der Waals surface area contributed by atoms with Gasteiger partial charge in [-0.05, 0) is 56.3 Å². The van der Waals surface area contributed by atoms with Gasteiger partial charge in [0, 0.05) is 23.7 Å². The lowest BCUT2D eigenvalue weighted by molar-refractivity contribution is -0.121. The second-order valence-corrected chi connectivity index (χ2v) is 7.09. The molecule has 1 amide bonds. The van der Waals surface area contributed by atoms with E-state index in [1.807, 2.05) is 12.1 Å². The van der Waals surface area contributed by atoms with Crippen LogP contribution in [0.4, 0.5) is 5.82 Å². The normalized spacial score (nSPS) is 15.6. The van der Waals surface area contributed by atoms with Crippen molar-refractivity contribution in [2.75, 3.05) is 31.6 Å². The number of anilines is 1. The summed E-state index contributed by atoms with van der Waals surface area (Å²) in [7, 11) is 0. The number of aromatic nitrogens is 1. The van der Waals surface area contributed by atoms with Crippen LogP contribution in [-0.2, 0) is 4.79 Å². The van der Waals surface area contributed by atoms with Crippen LogP contribution in [0.2, 0.25) is 10.0 Å². The summed E-state index contributed by atoms with van der Waals surface area (Å²) in [6, 6.07) is 10.7. The molecule has 1 saturated heterocycles. The van der Waals surface area contributed by atoms with Crippen molar-refractivity contribution in [3.63, 3.8) is 0 Å². The van der Waals surface area contributed by atoms with E-state index in [1.54, 1.807) is 30.5 Å². The first-order valence-electron chi connectivity index (χ1n) is 8.64. The Morgan fingerprint density at radius 2 is 2.04 bits per heavy atom. The van der Waals surface area contributed by atoms with Crippen molar-refractivity contribution in [3.8, 4) is 5.75 Å². The molecule has 2 heterocycles. The van der Waals surface area contributed by atoms with Crippen molar-refractivity contribution >= 4 is 34.9 Å². The van der Waals surface area contributed by atoms with Crippen molar-refractivity contribution in [2.24, 2.45) is 5.92 Å². The second-order valence-electron chi connectivity index (χ2n) is 6.24. The summed E-state index contributed by atoms with van der Waals surface area (Å²) in [6.45, 7) is 3.09. The van der Waals surface area contributed by atoms with Crippen LogP contribution in [0.3, 0.4) is 0 Å². The van der Waals surface area contributed by atoms with Crippen molar-refractivity contribution in [1.82, 2.24) is 9.88 Å². The molecule has 0 atom stereocenters. The average molecular weight is 394 g/mol. The first kappa shape index (κ1) is 19.0. The summed E-state index contributed by atoms with van der Waals surface area (Å²) < 4.78 is 5.73. The van der Waals surface area contributed by atoms with Gasteiger partial charge in [0.2, 0.25) is 5.91 Å². The zero-order valence-electron chi connectivity index (χ0n) is 14.3. The summed E-state index contributed by atoms with van der Waals surface area (Å²) in [5.74, 6) is 1.32. The highest BCUT2D eigenvalue weighted by molar-refractivity contribution is 6.35. The van der Waals surface area contributed by atoms with E-state index < -0.39 is 0 Å². The zero-order chi connectivity index (χ0) is 18.4. The number of nitrogens with one attached hydrogen (secondary N) is 1. The van der Waals surface area contributed by atoms with E-state index in [0.717, 1.165) is 32.5 Å². The SMILES string of the molecule is O=C(Nc1ccccn1)C1CCN(CCOc2ccc(Cl)cc2Cl)CC1. The van der Waals surface area contributed by atoms with Gasteiger partial charge in [-0.15, -0.1) is 0 Å². The monoisotopic (exact) mass is 393 g/mol. The van der Waals surface area contributed by atoms with Crippen LogP contribution < -0.4 is 10.1 Å². The Morgan fingerprint density at radius 1 is 1.23 bits per heavy atom. The molecule has 1 aliphatic heterocycles. The first-order valence-corrected chi connectivity index (χ1v) is 9.39. The van der Waals surface area contributed by atoms with E-state index in [4.69, 9.17) is 27.9 Å². The molecule has 1 fully saturated rings. The molecule has 0 aliphatic carbocycles. The molecule has 1 aromatic carbocycles. The number of benzene rings is 1. The third-order valence-corrected chi connectivity index (χ3v) is 4.96. The summed E-state index contributed by atoms with van der Waals surface area (Å²) in [6.07, 6.45) is 3.34. The van der Waals surface area contributed by atoms with Gasteiger partial charge in [-0.2, -0.15) is 0 Å². The lowest BCUT2D eigenvalue weighted by atomic mass is 9.96. The Bertz CT molecular complexity index is 735. The fourth-order valence-electron chi connectivity index (χ4n) is 2.96. The first-order chi connectivity index (χ1) is 12.6. The zero-order valence-corrected chi connectivity index (χ0v) is 15.8. The summed E-state index contributed by atoms with van der Waals surface area (Å²) in [4.78, 5) is 18.8. The third kappa shape index (κ3) is 5.34. The molecule has 138 valence electrons. The van der Waals surface area contributed by atoms with Gasteiger partial charge in [-0.1, -0.05) is 29.3 Å². The number of nitrogens with zero attached hydrogens (tertiary/aromatic N) is 2. The quantitative estimate of drug-likeness (QED) is 0.801. The largest absolute Gasteiger partial charge is 0.491 e. The number of pyridine rings is 1. The Balaban J connectivity index is 1.39. The van der Waals surface area contributed by atoms with Crippen molar-refractivity contribution in [2.45, 2.75) is 12.8 Å². The Kier molecular flexibility index (Phi) is 6.72. The standard InChI is InChI=1S/C19H21Cl2N3O2/c20-15-4-5-17(16(21)13-15)26-12-11-24-9-6-14(7-10-24)19(25)23-18-3-1-2-8-22-18/h1-5,8,13-14H,6-7,9-12H2,(H,22,23,25). The Morgan fingerprint density at radius 3 is 2.73 bits per heavy atom. The van der Waals surface area contributed by atoms with Gasteiger partial charge in [-0.25, -0.2) is 4.98 Å². The van der Waals surface area contributed by atoms with Crippen LogP contribution in [0.5, 0.6) is 5.75 Å². The van der Waals surface area contributed by atoms with E-state index in [2.05, 4.69) is 15.2 Å². The molecule has 0 saturated carbocycles. The predicted molar refractivity (Wildman–Crippen MR) is 104 cm³/mol. The Hall–Kier alpha value is -1.82. The van der Waals surface area contributed by atoms with Gasteiger partial charge < -0.3 is 10.1 Å². The maximum atomic E-state index is 12.3. The molecule has 0 unspecified atom stereocenters. The highest BCUT2D eigenvalue weighted by Crippen LogP contribution is 2.27. The predicted octanol–water partition coefficient (Wildman–Crippen LogP) is 4.12. The number of amides is 1.